The molecule has 4 aliphatic heterocycles. The van der Waals surface area contributed by atoms with Gasteiger partial charge in [-0.15, -0.1) is 0 Å². The molecule has 0 saturated carbocycles. The number of piperidine rings is 2. The number of likely N-dealkylation sites (tertiary alicyclic amines) is 2. The molecule has 0 aromatic heterocycles. The molecule has 1 atom stereocenters. The first-order valence-corrected chi connectivity index (χ1v) is 14.9. The molecule has 42 heavy (non-hydrogen) atoms. The number of nitrogens with one attached hydrogen (secondary N) is 2. The van der Waals surface area contributed by atoms with Crippen LogP contribution in [0.25, 0.3) is 0 Å². The van der Waals surface area contributed by atoms with Crippen LogP contribution in [0.2, 0.25) is 0 Å². The third-order valence-corrected chi connectivity index (χ3v) is 9.53. The van der Waals surface area contributed by atoms with E-state index in [9.17, 15) is 24.0 Å². The highest BCUT2D eigenvalue weighted by atomic mass is 16.2. The van der Waals surface area contributed by atoms with Gasteiger partial charge in [0.05, 0.1) is 16.5 Å². The van der Waals surface area contributed by atoms with Crippen molar-refractivity contribution in [2.75, 3.05) is 32.0 Å². The molecular weight excluding hydrogens is 534 g/mol. The van der Waals surface area contributed by atoms with Gasteiger partial charge in [0.15, 0.2) is 0 Å². The lowest BCUT2D eigenvalue weighted by Crippen LogP contribution is -2.54. The fourth-order valence-electron chi connectivity index (χ4n) is 6.99. The van der Waals surface area contributed by atoms with Gasteiger partial charge in [-0.05, 0) is 74.0 Å². The third-order valence-electron chi connectivity index (χ3n) is 9.53. The van der Waals surface area contributed by atoms with E-state index in [1.165, 1.54) is 11.1 Å². The highest BCUT2D eigenvalue weighted by molar-refractivity contribution is 6.25. The number of amides is 5. The molecular formula is C32H37N5O5. The van der Waals surface area contributed by atoms with Gasteiger partial charge in [0.1, 0.15) is 6.04 Å². The van der Waals surface area contributed by atoms with Gasteiger partial charge in [-0.25, -0.2) is 0 Å². The molecule has 3 fully saturated rings. The van der Waals surface area contributed by atoms with Crippen molar-refractivity contribution in [2.45, 2.75) is 64.6 Å². The van der Waals surface area contributed by atoms with E-state index in [1.54, 1.807) is 18.2 Å². The van der Waals surface area contributed by atoms with Crippen LogP contribution in [0.5, 0.6) is 0 Å². The van der Waals surface area contributed by atoms with Crippen molar-refractivity contribution in [3.8, 4) is 0 Å². The van der Waals surface area contributed by atoms with Crippen molar-refractivity contribution in [3.63, 3.8) is 0 Å². The fourth-order valence-corrected chi connectivity index (χ4v) is 6.99. The van der Waals surface area contributed by atoms with Crippen LogP contribution in [0.3, 0.4) is 0 Å². The van der Waals surface area contributed by atoms with Crippen LogP contribution in [0.4, 0.5) is 5.69 Å². The van der Waals surface area contributed by atoms with Gasteiger partial charge in [-0.1, -0.05) is 31.2 Å². The summed E-state index contributed by atoms with van der Waals surface area (Å²) in [6.45, 7) is 6.15. The van der Waals surface area contributed by atoms with Crippen molar-refractivity contribution >= 4 is 35.2 Å². The van der Waals surface area contributed by atoms with Gasteiger partial charge < -0.3 is 10.2 Å². The summed E-state index contributed by atoms with van der Waals surface area (Å²) in [5, 5.41) is 5.60. The maximum Gasteiger partial charge on any atom is 0.264 e. The first-order chi connectivity index (χ1) is 20.2. The van der Waals surface area contributed by atoms with Crippen LogP contribution in [0, 0.1) is 5.41 Å². The molecule has 0 bridgehead atoms. The van der Waals surface area contributed by atoms with Crippen LogP contribution in [-0.4, -0.2) is 77.0 Å². The Hall–Kier alpha value is -4.05. The Bertz CT molecular complexity index is 1480. The van der Waals surface area contributed by atoms with Gasteiger partial charge in [0, 0.05) is 38.8 Å². The van der Waals surface area contributed by atoms with E-state index in [2.05, 4.69) is 40.7 Å². The Balaban J connectivity index is 1.12. The molecule has 2 aromatic rings. The second-order valence-electron chi connectivity index (χ2n) is 12.0. The van der Waals surface area contributed by atoms with Crippen molar-refractivity contribution in [1.82, 2.24) is 20.0 Å². The molecule has 0 radical (unpaired) electrons. The number of rotatable bonds is 7. The van der Waals surface area contributed by atoms with Crippen molar-refractivity contribution in [2.24, 2.45) is 5.41 Å². The normalized spacial score (nSPS) is 22.2. The number of hydrogen-bond acceptors (Lipinski definition) is 7. The second kappa shape index (κ2) is 11.0. The molecule has 2 N–H and O–H groups in total. The first kappa shape index (κ1) is 28.1. The Labute approximate surface area is 245 Å². The summed E-state index contributed by atoms with van der Waals surface area (Å²) >= 11 is 0. The summed E-state index contributed by atoms with van der Waals surface area (Å²) < 4.78 is 0. The minimum Gasteiger partial charge on any atom is -0.380 e. The van der Waals surface area contributed by atoms with Crippen LogP contribution < -0.4 is 10.6 Å². The molecule has 4 aliphatic rings. The lowest BCUT2D eigenvalue weighted by atomic mass is 9.77. The maximum atomic E-state index is 13.4. The molecule has 5 amide bonds. The number of carbonyl (C=O) groups is 5. The highest BCUT2D eigenvalue weighted by Gasteiger charge is 2.47. The molecule has 4 heterocycles. The van der Waals surface area contributed by atoms with Crippen molar-refractivity contribution < 1.29 is 24.0 Å². The summed E-state index contributed by atoms with van der Waals surface area (Å²) in [4.78, 5) is 68.6. The van der Waals surface area contributed by atoms with Crippen LogP contribution in [0.1, 0.15) is 76.4 Å². The van der Waals surface area contributed by atoms with Gasteiger partial charge >= 0.3 is 0 Å². The van der Waals surface area contributed by atoms with E-state index in [4.69, 9.17) is 0 Å². The number of imide groups is 2. The summed E-state index contributed by atoms with van der Waals surface area (Å²) in [7, 11) is 1.91. The summed E-state index contributed by atoms with van der Waals surface area (Å²) in [6.07, 6.45) is 3.86. The predicted molar refractivity (Wildman–Crippen MR) is 155 cm³/mol. The number of hydrogen-bond donors (Lipinski definition) is 2. The number of nitrogens with zero attached hydrogens (tertiary/aromatic N) is 3. The second-order valence-corrected chi connectivity index (χ2v) is 12.0. The fraction of sp³-hybridized carbons (Fsp3) is 0.469. The maximum absolute atomic E-state index is 13.4. The average molecular weight is 572 g/mol. The molecule has 2 aromatic carbocycles. The molecule has 10 heteroatoms. The predicted octanol–water partition coefficient (Wildman–Crippen LogP) is 2.71. The van der Waals surface area contributed by atoms with Gasteiger partial charge in [0.25, 0.3) is 11.8 Å². The zero-order chi connectivity index (χ0) is 29.6. The van der Waals surface area contributed by atoms with Crippen LogP contribution in [-0.2, 0) is 33.9 Å². The molecule has 1 spiro atoms. The Morgan fingerprint density at radius 1 is 0.952 bits per heavy atom. The smallest absolute Gasteiger partial charge is 0.264 e. The number of fused-ring (bicyclic) bond motifs is 1. The zero-order valence-corrected chi connectivity index (χ0v) is 24.2. The number of aryl methyl sites for hydroxylation is 1. The number of anilines is 1. The molecule has 220 valence electrons. The van der Waals surface area contributed by atoms with Gasteiger partial charge in [-0.2, -0.15) is 0 Å². The van der Waals surface area contributed by atoms with E-state index in [0.717, 1.165) is 62.3 Å². The quantitative estimate of drug-likeness (QED) is 0.491. The van der Waals surface area contributed by atoms with E-state index < -0.39 is 29.7 Å². The molecule has 1 unspecified atom stereocenters. The lowest BCUT2D eigenvalue weighted by Gasteiger charge is -2.37. The summed E-state index contributed by atoms with van der Waals surface area (Å²) in [5.74, 6) is -1.74. The standard InChI is InChI=1S/C32H37N5O5/c1-3-21-17-20(19-36-15-12-32(13-16-36)11-14-35(2)31(32)42)7-8-22(21)18-33-24-6-4-5-23-27(24)30(41)37(29(23)40)25-9-10-26(38)34-28(25)39/h4-8,17,25,33H,3,9-16,18-19H2,1-2H3,(H,34,38,39). The van der Waals surface area contributed by atoms with Crippen LogP contribution in [0.15, 0.2) is 36.4 Å². The zero-order valence-electron chi connectivity index (χ0n) is 24.2. The van der Waals surface area contributed by atoms with Gasteiger partial charge in [0.2, 0.25) is 17.7 Å². The van der Waals surface area contributed by atoms with E-state index in [0.29, 0.717) is 18.1 Å². The Morgan fingerprint density at radius 3 is 2.40 bits per heavy atom. The van der Waals surface area contributed by atoms with Gasteiger partial charge in [-0.3, -0.25) is 39.1 Å². The molecule has 6 rings (SSSR count). The number of benzene rings is 2. The van der Waals surface area contributed by atoms with Crippen molar-refractivity contribution in [3.05, 3.63) is 64.2 Å². The minimum absolute atomic E-state index is 0.0838. The van der Waals surface area contributed by atoms with Crippen LogP contribution >= 0.6 is 0 Å². The topological polar surface area (TPSA) is 119 Å². The lowest BCUT2D eigenvalue weighted by molar-refractivity contribution is -0.137. The summed E-state index contributed by atoms with van der Waals surface area (Å²) in [6, 6.07) is 10.6. The summed E-state index contributed by atoms with van der Waals surface area (Å²) in [5.41, 5.74) is 4.46. The SMILES string of the molecule is CCc1cc(CN2CCC3(CC2)CCN(C)C3=O)ccc1CNc1cccc2c1C(=O)N(C1CCC(=O)NC1=O)C2=O. The largest absolute Gasteiger partial charge is 0.380 e. The number of carbonyl (C=O) groups excluding carboxylic acids is 5. The van der Waals surface area contributed by atoms with E-state index in [1.807, 2.05) is 11.9 Å². The Kier molecular flexibility index (Phi) is 7.34. The van der Waals surface area contributed by atoms with Crippen molar-refractivity contribution in [1.29, 1.82) is 0 Å². The molecule has 0 aliphatic carbocycles. The van der Waals surface area contributed by atoms with E-state index >= 15 is 0 Å². The Morgan fingerprint density at radius 2 is 1.71 bits per heavy atom. The highest BCUT2D eigenvalue weighted by Crippen LogP contribution is 2.41. The van der Waals surface area contributed by atoms with E-state index in [-0.39, 0.29) is 29.4 Å². The molecule has 10 nitrogen and oxygen atoms in total. The minimum atomic E-state index is -0.993. The third kappa shape index (κ3) is 4.87. The average Bonchev–Trinajstić information content (AvgIpc) is 3.41. The monoisotopic (exact) mass is 571 g/mol. The molecule has 3 saturated heterocycles. The first-order valence-electron chi connectivity index (χ1n) is 14.9.